The Morgan fingerprint density at radius 3 is 2.71 bits per heavy atom. The summed E-state index contributed by atoms with van der Waals surface area (Å²) in [6.07, 6.45) is 0. The molecule has 0 aliphatic carbocycles. The Labute approximate surface area is 99.0 Å². The molecule has 0 saturated carbocycles. The van der Waals surface area contributed by atoms with Crippen molar-refractivity contribution in [2.45, 2.75) is 19.8 Å². The van der Waals surface area contributed by atoms with Gasteiger partial charge >= 0.3 is 0 Å². The number of nitrogens with one attached hydrogen (secondary N) is 1. The molecule has 0 aliphatic heterocycles. The highest BCUT2D eigenvalue weighted by Gasteiger charge is 2.07. The van der Waals surface area contributed by atoms with Crippen molar-refractivity contribution in [2.24, 2.45) is 0 Å². The zero-order chi connectivity index (χ0) is 12.4. The topological polar surface area (TPSA) is 66.0 Å². The largest absolute Gasteiger partial charge is 0.508 e. The highest BCUT2D eigenvalue weighted by Crippen LogP contribution is 2.20. The summed E-state index contributed by atoms with van der Waals surface area (Å²) in [6.45, 7) is 3.96. The Morgan fingerprint density at radius 1 is 1.29 bits per heavy atom. The molecule has 4 heteroatoms. The molecule has 0 bridgehead atoms. The van der Waals surface area contributed by atoms with E-state index in [0.717, 1.165) is 5.69 Å². The molecule has 2 rings (SSSR count). The Morgan fingerprint density at radius 2 is 2.06 bits per heavy atom. The highest BCUT2D eigenvalue weighted by molar-refractivity contribution is 5.57. The van der Waals surface area contributed by atoms with Crippen LogP contribution in [0.15, 0.2) is 35.1 Å². The molecule has 0 fully saturated rings. The van der Waals surface area contributed by atoms with E-state index in [0.29, 0.717) is 11.4 Å². The lowest BCUT2D eigenvalue weighted by atomic mass is 10.1. The number of H-pyrrole nitrogens is 1. The lowest BCUT2D eigenvalue weighted by molar-refractivity contribution is 0.475. The number of phenolic OH excluding ortho intramolecular Hbond substituents is 1. The van der Waals surface area contributed by atoms with Crippen LogP contribution in [0.2, 0.25) is 0 Å². The van der Waals surface area contributed by atoms with Gasteiger partial charge in [-0.3, -0.25) is 4.79 Å². The Balaban J connectivity index is 2.56. The van der Waals surface area contributed by atoms with E-state index in [1.54, 1.807) is 24.3 Å². The maximum absolute atomic E-state index is 11.5. The summed E-state index contributed by atoms with van der Waals surface area (Å²) in [7, 11) is 0. The number of hydrogen-bond acceptors (Lipinski definition) is 3. The summed E-state index contributed by atoms with van der Waals surface area (Å²) in [4.78, 5) is 18.6. The van der Waals surface area contributed by atoms with E-state index in [1.807, 2.05) is 13.8 Å². The molecule has 0 aliphatic rings. The second kappa shape index (κ2) is 4.41. The molecule has 0 amide bonds. The molecule has 0 unspecified atom stereocenters. The fourth-order valence-corrected chi connectivity index (χ4v) is 1.56. The highest BCUT2D eigenvalue weighted by atomic mass is 16.3. The number of aromatic amines is 1. The maximum atomic E-state index is 11.5. The predicted octanol–water partition coefficient (Wildman–Crippen LogP) is 2.27. The zero-order valence-electron chi connectivity index (χ0n) is 9.77. The summed E-state index contributed by atoms with van der Waals surface area (Å²) in [6, 6.07) is 8.15. The summed E-state index contributed by atoms with van der Waals surface area (Å²) in [5.74, 6) is 0.825. The molecule has 17 heavy (non-hydrogen) atoms. The van der Waals surface area contributed by atoms with E-state index >= 15 is 0 Å². The molecule has 0 radical (unpaired) electrons. The number of rotatable bonds is 2. The van der Waals surface area contributed by atoms with Crippen LogP contribution in [0.1, 0.15) is 25.5 Å². The van der Waals surface area contributed by atoms with Gasteiger partial charge in [0.15, 0.2) is 0 Å². The average Bonchev–Trinajstić information content (AvgIpc) is 2.28. The molecule has 0 saturated heterocycles. The third-order valence-electron chi connectivity index (χ3n) is 2.47. The van der Waals surface area contributed by atoms with Gasteiger partial charge in [0.2, 0.25) is 0 Å². The molecule has 1 aromatic heterocycles. The normalized spacial score (nSPS) is 10.8. The summed E-state index contributed by atoms with van der Waals surface area (Å²) >= 11 is 0. The summed E-state index contributed by atoms with van der Waals surface area (Å²) in [5.41, 5.74) is 1.26. The number of aromatic nitrogens is 2. The van der Waals surface area contributed by atoms with Gasteiger partial charge in [-0.1, -0.05) is 26.0 Å². The first kappa shape index (κ1) is 11.4. The van der Waals surface area contributed by atoms with Crippen molar-refractivity contribution in [3.8, 4) is 17.1 Å². The van der Waals surface area contributed by atoms with Crippen molar-refractivity contribution in [1.29, 1.82) is 0 Å². The molecular formula is C13H14N2O2. The van der Waals surface area contributed by atoms with Gasteiger partial charge in [0.25, 0.3) is 5.56 Å². The minimum absolute atomic E-state index is 0.153. The molecule has 0 spiro atoms. The van der Waals surface area contributed by atoms with Crippen molar-refractivity contribution in [1.82, 2.24) is 9.97 Å². The van der Waals surface area contributed by atoms with Crippen molar-refractivity contribution < 1.29 is 5.11 Å². The predicted molar refractivity (Wildman–Crippen MR) is 66.0 cm³/mol. The van der Waals surface area contributed by atoms with Gasteiger partial charge in [0, 0.05) is 11.6 Å². The van der Waals surface area contributed by atoms with E-state index in [9.17, 15) is 9.90 Å². The second-order valence-electron chi connectivity index (χ2n) is 4.22. The number of phenols is 1. The van der Waals surface area contributed by atoms with Crippen LogP contribution in [-0.4, -0.2) is 15.1 Å². The minimum Gasteiger partial charge on any atom is -0.508 e. The average molecular weight is 230 g/mol. The van der Waals surface area contributed by atoms with Crippen LogP contribution < -0.4 is 5.56 Å². The van der Waals surface area contributed by atoms with E-state index in [1.165, 1.54) is 6.07 Å². The fourth-order valence-electron chi connectivity index (χ4n) is 1.56. The van der Waals surface area contributed by atoms with Crippen LogP contribution in [0.25, 0.3) is 11.4 Å². The quantitative estimate of drug-likeness (QED) is 0.831. The number of hydrogen-bond donors (Lipinski definition) is 2. The first-order valence-corrected chi connectivity index (χ1v) is 5.47. The SMILES string of the molecule is CC(C)c1cc(=O)[nH]c(-c2cccc(O)c2)n1. The van der Waals surface area contributed by atoms with Crippen LogP contribution in [0.5, 0.6) is 5.75 Å². The van der Waals surface area contributed by atoms with Crippen molar-refractivity contribution >= 4 is 0 Å². The van der Waals surface area contributed by atoms with Gasteiger partial charge in [-0.2, -0.15) is 0 Å². The van der Waals surface area contributed by atoms with Crippen LogP contribution >= 0.6 is 0 Å². The first-order chi connectivity index (χ1) is 8.06. The van der Waals surface area contributed by atoms with Crippen LogP contribution in [-0.2, 0) is 0 Å². The van der Waals surface area contributed by atoms with E-state index in [2.05, 4.69) is 9.97 Å². The third kappa shape index (κ3) is 2.53. The van der Waals surface area contributed by atoms with Crippen LogP contribution in [0.3, 0.4) is 0 Å². The lowest BCUT2D eigenvalue weighted by Crippen LogP contribution is -2.11. The molecule has 2 N–H and O–H groups in total. The van der Waals surface area contributed by atoms with Gasteiger partial charge in [0.1, 0.15) is 11.6 Å². The fraction of sp³-hybridized carbons (Fsp3) is 0.231. The van der Waals surface area contributed by atoms with E-state index < -0.39 is 0 Å². The molecule has 4 nitrogen and oxygen atoms in total. The third-order valence-corrected chi connectivity index (χ3v) is 2.47. The minimum atomic E-state index is -0.179. The Bertz CT molecular complexity index is 588. The van der Waals surface area contributed by atoms with Gasteiger partial charge < -0.3 is 10.1 Å². The number of benzene rings is 1. The first-order valence-electron chi connectivity index (χ1n) is 5.47. The van der Waals surface area contributed by atoms with Crippen molar-refractivity contribution in [2.75, 3.05) is 0 Å². The molecule has 0 atom stereocenters. The van der Waals surface area contributed by atoms with Gasteiger partial charge in [-0.15, -0.1) is 0 Å². The monoisotopic (exact) mass is 230 g/mol. The standard InChI is InChI=1S/C13H14N2O2/c1-8(2)11-7-12(17)15-13(14-11)9-4-3-5-10(16)6-9/h3-8,16H,1-2H3,(H,14,15,17). The molecule has 2 aromatic rings. The maximum Gasteiger partial charge on any atom is 0.251 e. The number of aromatic hydroxyl groups is 1. The van der Waals surface area contributed by atoms with Gasteiger partial charge in [-0.25, -0.2) is 4.98 Å². The number of nitrogens with zero attached hydrogens (tertiary/aromatic N) is 1. The molecule has 88 valence electrons. The van der Waals surface area contributed by atoms with Gasteiger partial charge in [0.05, 0.1) is 5.69 Å². The molecular weight excluding hydrogens is 216 g/mol. The second-order valence-corrected chi connectivity index (χ2v) is 4.22. The molecule has 1 aromatic carbocycles. The van der Waals surface area contributed by atoms with E-state index in [4.69, 9.17) is 0 Å². The summed E-state index contributed by atoms with van der Waals surface area (Å²) < 4.78 is 0. The smallest absolute Gasteiger partial charge is 0.251 e. The Hall–Kier alpha value is -2.10. The summed E-state index contributed by atoms with van der Waals surface area (Å²) in [5, 5.41) is 9.40. The lowest BCUT2D eigenvalue weighted by Gasteiger charge is -2.07. The van der Waals surface area contributed by atoms with E-state index in [-0.39, 0.29) is 17.2 Å². The van der Waals surface area contributed by atoms with Crippen molar-refractivity contribution in [3.63, 3.8) is 0 Å². The van der Waals surface area contributed by atoms with Crippen LogP contribution in [0, 0.1) is 0 Å². The molecule has 1 heterocycles. The van der Waals surface area contributed by atoms with Crippen molar-refractivity contribution in [3.05, 3.63) is 46.4 Å². The van der Waals surface area contributed by atoms with Gasteiger partial charge in [-0.05, 0) is 18.1 Å². The van der Waals surface area contributed by atoms with Crippen LogP contribution in [0.4, 0.5) is 0 Å². The zero-order valence-corrected chi connectivity index (χ0v) is 9.77. The Kier molecular flexibility index (Phi) is 2.95.